The van der Waals surface area contributed by atoms with Gasteiger partial charge in [-0.05, 0) is 47.9 Å². The Balaban J connectivity index is 1.89. The van der Waals surface area contributed by atoms with Crippen molar-refractivity contribution in [3.8, 4) is 6.07 Å². The number of hydrogen-bond acceptors (Lipinski definition) is 3. The second-order valence-corrected chi connectivity index (χ2v) is 6.67. The lowest BCUT2D eigenvalue weighted by Gasteiger charge is -2.07. The topological polar surface area (TPSA) is 58.7 Å². The zero-order valence-electron chi connectivity index (χ0n) is 13.0. The van der Waals surface area contributed by atoms with Crippen LogP contribution in [-0.2, 0) is 6.54 Å². The van der Waals surface area contributed by atoms with Gasteiger partial charge in [-0.1, -0.05) is 35.3 Å². The molecule has 1 aliphatic heterocycles. The molecule has 3 aromatic rings. The molecule has 122 valence electrons. The molecule has 1 aromatic heterocycles. The van der Waals surface area contributed by atoms with E-state index in [2.05, 4.69) is 11.1 Å². The predicted octanol–water partition coefficient (Wildman–Crippen LogP) is 4.52. The molecule has 0 radical (unpaired) electrons. The van der Waals surface area contributed by atoms with Gasteiger partial charge in [0.2, 0.25) is 0 Å². The fourth-order valence-corrected chi connectivity index (χ4v) is 3.57. The Morgan fingerprint density at radius 3 is 2.68 bits per heavy atom. The van der Waals surface area contributed by atoms with Gasteiger partial charge in [0.25, 0.3) is 5.56 Å². The van der Waals surface area contributed by atoms with Crippen molar-refractivity contribution in [1.82, 2.24) is 9.55 Å². The Hall–Kier alpha value is -2.61. The van der Waals surface area contributed by atoms with Gasteiger partial charge in [-0.3, -0.25) is 9.36 Å². The van der Waals surface area contributed by atoms with Crippen LogP contribution in [0, 0.1) is 11.3 Å². The van der Waals surface area contributed by atoms with Gasteiger partial charge >= 0.3 is 0 Å². The van der Waals surface area contributed by atoms with Gasteiger partial charge in [-0.15, -0.1) is 0 Å². The van der Waals surface area contributed by atoms with E-state index < -0.39 is 0 Å². The van der Waals surface area contributed by atoms with E-state index in [-0.39, 0.29) is 5.56 Å². The van der Waals surface area contributed by atoms with Gasteiger partial charge in [-0.25, -0.2) is 4.98 Å². The minimum absolute atomic E-state index is 0.132. The average molecular weight is 368 g/mol. The molecule has 0 saturated carbocycles. The van der Waals surface area contributed by atoms with E-state index in [9.17, 15) is 4.79 Å². The molecule has 2 heterocycles. The number of benzene rings is 2. The highest BCUT2D eigenvalue weighted by Crippen LogP contribution is 2.30. The summed E-state index contributed by atoms with van der Waals surface area (Å²) in [7, 11) is 0. The van der Waals surface area contributed by atoms with Crippen LogP contribution < -0.4 is 5.56 Å². The molecule has 0 aliphatic carbocycles. The third kappa shape index (κ3) is 2.72. The van der Waals surface area contributed by atoms with Crippen LogP contribution in [0.5, 0.6) is 0 Å². The van der Waals surface area contributed by atoms with Crippen molar-refractivity contribution in [2.45, 2.75) is 13.0 Å². The zero-order chi connectivity index (χ0) is 17.6. The molecular weight excluding hydrogens is 357 g/mol. The molecule has 0 spiro atoms. The lowest BCUT2D eigenvalue weighted by molar-refractivity contribution is 0.725. The lowest BCUT2D eigenvalue weighted by atomic mass is 10.1. The molecule has 2 aromatic carbocycles. The number of nitrogens with zero attached hydrogens (tertiary/aromatic N) is 3. The number of halogens is 2. The Bertz CT molecular complexity index is 1140. The summed E-state index contributed by atoms with van der Waals surface area (Å²) in [6.45, 7) is 0.573. The molecule has 0 bridgehead atoms. The van der Waals surface area contributed by atoms with Gasteiger partial charge in [0, 0.05) is 11.6 Å². The summed E-state index contributed by atoms with van der Waals surface area (Å²) in [5.41, 5.74) is 2.87. The highest BCUT2D eigenvalue weighted by atomic mass is 35.5. The van der Waals surface area contributed by atoms with Crippen molar-refractivity contribution in [2.75, 3.05) is 0 Å². The first-order valence-corrected chi connectivity index (χ1v) is 8.43. The predicted molar refractivity (Wildman–Crippen MR) is 99.7 cm³/mol. The van der Waals surface area contributed by atoms with Crippen molar-refractivity contribution < 1.29 is 0 Å². The average Bonchev–Trinajstić information content (AvgIpc) is 3.00. The summed E-state index contributed by atoms with van der Waals surface area (Å²) in [5, 5.41) is 10.1. The molecule has 0 unspecified atom stereocenters. The zero-order valence-corrected chi connectivity index (χ0v) is 14.5. The highest BCUT2D eigenvalue weighted by Gasteiger charge is 2.22. The van der Waals surface area contributed by atoms with Crippen LogP contribution in [0.3, 0.4) is 0 Å². The maximum absolute atomic E-state index is 12.7. The SMILES string of the molecule is N#Cc1ccc(/C=C2/CCn3c2nc2c(Cl)cc(Cl)cc2c3=O)cc1. The van der Waals surface area contributed by atoms with Crippen LogP contribution in [0.1, 0.15) is 23.4 Å². The Morgan fingerprint density at radius 1 is 1.20 bits per heavy atom. The van der Waals surface area contributed by atoms with Gasteiger partial charge in [0.1, 0.15) is 5.82 Å². The monoisotopic (exact) mass is 367 g/mol. The summed E-state index contributed by atoms with van der Waals surface area (Å²) in [4.78, 5) is 17.4. The fraction of sp³-hybridized carbons (Fsp3) is 0.105. The van der Waals surface area contributed by atoms with Gasteiger partial charge in [0.15, 0.2) is 0 Å². The third-order valence-electron chi connectivity index (χ3n) is 4.25. The summed E-state index contributed by atoms with van der Waals surface area (Å²) in [6, 6.07) is 12.6. The van der Waals surface area contributed by atoms with Crippen LogP contribution in [0.25, 0.3) is 22.6 Å². The van der Waals surface area contributed by atoms with Crippen LogP contribution >= 0.6 is 23.2 Å². The van der Waals surface area contributed by atoms with Gasteiger partial charge in [-0.2, -0.15) is 5.26 Å². The minimum atomic E-state index is -0.132. The summed E-state index contributed by atoms with van der Waals surface area (Å²) in [5.74, 6) is 0.631. The van der Waals surface area contributed by atoms with Gasteiger partial charge in [0.05, 0.1) is 27.6 Å². The summed E-state index contributed by atoms with van der Waals surface area (Å²) < 4.78 is 1.66. The molecule has 0 atom stereocenters. The smallest absolute Gasteiger partial charge is 0.261 e. The van der Waals surface area contributed by atoms with Crippen molar-refractivity contribution in [3.63, 3.8) is 0 Å². The fourth-order valence-electron chi connectivity index (χ4n) is 3.04. The van der Waals surface area contributed by atoms with E-state index in [0.29, 0.717) is 45.3 Å². The second kappa shape index (κ2) is 6.03. The van der Waals surface area contributed by atoms with Crippen molar-refractivity contribution >= 4 is 45.8 Å². The number of nitriles is 1. The van der Waals surface area contributed by atoms with E-state index in [1.807, 2.05) is 18.2 Å². The van der Waals surface area contributed by atoms with Crippen LogP contribution in [-0.4, -0.2) is 9.55 Å². The van der Waals surface area contributed by atoms with E-state index in [1.54, 1.807) is 28.8 Å². The Morgan fingerprint density at radius 2 is 1.96 bits per heavy atom. The number of fused-ring (bicyclic) bond motifs is 2. The van der Waals surface area contributed by atoms with Crippen LogP contribution in [0.15, 0.2) is 41.2 Å². The van der Waals surface area contributed by atoms with Crippen molar-refractivity contribution in [2.24, 2.45) is 0 Å². The van der Waals surface area contributed by atoms with Gasteiger partial charge < -0.3 is 0 Å². The molecule has 0 fully saturated rings. The summed E-state index contributed by atoms with van der Waals surface area (Å²) in [6.07, 6.45) is 2.70. The molecule has 4 nitrogen and oxygen atoms in total. The summed E-state index contributed by atoms with van der Waals surface area (Å²) >= 11 is 12.2. The normalized spacial score (nSPS) is 14.7. The highest BCUT2D eigenvalue weighted by molar-refractivity contribution is 6.38. The quantitative estimate of drug-likeness (QED) is 0.635. The number of hydrogen-bond donors (Lipinski definition) is 0. The van der Waals surface area contributed by atoms with Crippen molar-refractivity contribution in [1.29, 1.82) is 5.26 Å². The molecule has 0 saturated heterocycles. The first-order chi connectivity index (χ1) is 12.1. The van der Waals surface area contributed by atoms with E-state index >= 15 is 0 Å². The standard InChI is InChI=1S/C19H11Cl2N3O/c20-14-8-15-17(16(21)9-14)23-18-13(5-6-24(18)19(15)25)7-11-1-3-12(10-22)4-2-11/h1-4,7-9H,5-6H2/b13-7-. The maximum atomic E-state index is 12.7. The molecule has 25 heavy (non-hydrogen) atoms. The first-order valence-electron chi connectivity index (χ1n) is 7.67. The number of aromatic nitrogens is 2. The minimum Gasteiger partial charge on any atom is -0.292 e. The van der Waals surface area contributed by atoms with Crippen molar-refractivity contribution in [3.05, 3.63) is 73.7 Å². The lowest BCUT2D eigenvalue weighted by Crippen LogP contribution is -2.20. The van der Waals surface area contributed by atoms with E-state index in [1.165, 1.54) is 0 Å². The first kappa shape index (κ1) is 15.9. The maximum Gasteiger partial charge on any atom is 0.261 e. The third-order valence-corrected chi connectivity index (χ3v) is 4.76. The second-order valence-electron chi connectivity index (χ2n) is 5.83. The van der Waals surface area contributed by atoms with Crippen LogP contribution in [0.4, 0.5) is 0 Å². The molecule has 0 N–H and O–H groups in total. The van der Waals surface area contributed by atoms with E-state index in [4.69, 9.17) is 28.5 Å². The molecule has 6 heteroatoms. The molecule has 1 aliphatic rings. The molecule has 0 amide bonds. The largest absolute Gasteiger partial charge is 0.292 e. The molecule has 4 rings (SSSR count). The van der Waals surface area contributed by atoms with E-state index in [0.717, 1.165) is 11.1 Å². The van der Waals surface area contributed by atoms with Crippen LogP contribution in [0.2, 0.25) is 10.0 Å². The number of allylic oxidation sites excluding steroid dienone is 1. The number of rotatable bonds is 1. The molecular formula is C19H11Cl2N3O. The Kier molecular flexibility index (Phi) is 3.84. The Labute approximate surface area is 153 Å².